The number of anilines is 1. The van der Waals surface area contributed by atoms with Gasteiger partial charge in [-0.25, -0.2) is 4.98 Å². The number of hydrogen-bond donors (Lipinski definition) is 2. The number of aromatic nitrogens is 1. The summed E-state index contributed by atoms with van der Waals surface area (Å²) in [7, 11) is 0. The smallest absolute Gasteiger partial charge is 0.289 e. The Kier molecular flexibility index (Phi) is 4.58. The van der Waals surface area contributed by atoms with Crippen LogP contribution in [0.4, 0.5) is 5.13 Å². The molecule has 2 N–H and O–H groups in total. The van der Waals surface area contributed by atoms with E-state index in [0.29, 0.717) is 24.5 Å². The van der Waals surface area contributed by atoms with E-state index in [1.54, 1.807) is 12.3 Å². The van der Waals surface area contributed by atoms with Crippen molar-refractivity contribution in [2.24, 2.45) is 0 Å². The summed E-state index contributed by atoms with van der Waals surface area (Å²) in [4.78, 5) is 30.3. The third kappa shape index (κ3) is 3.51. The van der Waals surface area contributed by atoms with Gasteiger partial charge in [0.05, 0.1) is 25.0 Å². The fraction of sp³-hybridized carbons (Fsp3) is 0.357. The normalized spacial score (nSPS) is 14.6. The molecule has 0 aromatic carbocycles. The first-order valence-corrected chi connectivity index (χ1v) is 7.96. The highest BCUT2D eigenvalue weighted by Crippen LogP contribution is 2.21. The Morgan fingerprint density at radius 2 is 2.00 bits per heavy atom. The molecule has 122 valence electrons. The average Bonchev–Trinajstić information content (AvgIpc) is 3.22. The van der Waals surface area contributed by atoms with Gasteiger partial charge in [-0.2, -0.15) is 0 Å². The Hall–Kier alpha value is -2.39. The molecule has 1 aliphatic heterocycles. The van der Waals surface area contributed by atoms with Gasteiger partial charge in [-0.05, 0) is 13.0 Å². The Morgan fingerprint density at radius 1 is 1.26 bits per heavy atom. The van der Waals surface area contributed by atoms with E-state index in [1.165, 1.54) is 23.7 Å². The number of nitrogens with one attached hydrogen (secondary N) is 2. The number of hydrogen-bond acceptors (Lipinski definition) is 7. The second-order valence-electron chi connectivity index (χ2n) is 4.91. The number of thiazole rings is 1. The summed E-state index contributed by atoms with van der Waals surface area (Å²) in [6.07, 6.45) is 1.42. The lowest BCUT2D eigenvalue weighted by Crippen LogP contribution is -2.42. The molecule has 1 fully saturated rings. The topological polar surface area (TPSA) is 96.7 Å². The van der Waals surface area contributed by atoms with E-state index in [4.69, 9.17) is 9.15 Å². The van der Waals surface area contributed by atoms with Crippen LogP contribution < -0.4 is 15.8 Å². The van der Waals surface area contributed by atoms with Crippen molar-refractivity contribution in [2.75, 3.05) is 31.2 Å². The maximum absolute atomic E-state index is 12.1. The summed E-state index contributed by atoms with van der Waals surface area (Å²) in [5.41, 5.74) is 5.33. The Balaban J connectivity index is 1.57. The molecular weight excluding hydrogens is 320 g/mol. The van der Waals surface area contributed by atoms with Crippen LogP contribution in [-0.4, -0.2) is 43.1 Å². The second-order valence-corrected chi connectivity index (χ2v) is 5.75. The van der Waals surface area contributed by atoms with Crippen molar-refractivity contribution in [1.29, 1.82) is 0 Å². The van der Waals surface area contributed by atoms with Gasteiger partial charge in [0.25, 0.3) is 11.8 Å². The number of nitrogens with zero attached hydrogens (tertiary/aromatic N) is 2. The number of ether oxygens (including phenoxy) is 1. The fourth-order valence-corrected chi connectivity index (χ4v) is 2.99. The van der Waals surface area contributed by atoms with Gasteiger partial charge in [0.1, 0.15) is 11.5 Å². The van der Waals surface area contributed by atoms with Crippen LogP contribution in [0.1, 0.15) is 26.6 Å². The SMILES string of the molecule is Cc1occc1C(=O)NNC(=O)c1csc(N2CCOCC2)n1. The van der Waals surface area contributed by atoms with Crippen LogP contribution in [0.3, 0.4) is 0 Å². The van der Waals surface area contributed by atoms with Gasteiger partial charge in [0.2, 0.25) is 0 Å². The highest BCUT2D eigenvalue weighted by Gasteiger charge is 2.18. The van der Waals surface area contributed by atoms with Crippen LogP contribution >= 0.6 is 11.3 Å². The minimum absolute atomic E-state index is 0.265. The quantitative estimate of drug-likeness (QED) is 0.810. The monoisotopic (exact) mass is 336 g/mol. The zero-order valence-electron chi connectivity index (χ0n) is 12.5. The lowest BCUT2D eigenvalue weighted by atomic mass is 10.2. The van der Waals surface area contributed by atoms with E-state index < -0.39 is 11.8 Å². The Labute approximate surface area is 136 Å². The minimum Gasteiger partial charge on any atom is -0.469 e. The van der Waals surface area contributed by atoms with E-state index in [2.05, 4.69) is 20.7 Å². The largest absolute Gasteiger partial charge is 0.469 e. The van der Waals surface area contributed by atoms with E-state index >= 15 is 0 Å². The second kappa shape index (κ2) is 6.80. The standard InChI is InChI=1S/C14H16N4O4S/c1-9-10(2-5-22-9)12(19)16-17-13(20)11-8-23-14(15-11)18-3-6-21-7-4-18/h2,5,8H,3-4,6-7H2,1H3,(H,16,19)(H,17,20). The van der Waals surface area contributed by atoms with Crippen molar-refractivity contribution in [1.82, 2.24) is 15.8 Å². The summed E-state index contributed by atoms with van der Waals surface area (Å²) in [6.45, 7) is 4.49. The highest BCUT2D eigenvalue weighted by atomic mass is 32.1. The number of carbonyl (C=O) groups is 2. The predicted molar refractivity (Wildman–Crippen MR) is 83.5 cm³/mol. The zero-order chi connectivity index (χ0) is 16.2. The van der Waals surface area contributed by atoms with Crippen LogP contribution in [0.2, 0.25) is 0 Å². The summed E-state index contributed by atoms with van der Waals surface area (Å²) in [5, 5.41) is 2.44. The van der Waals surface area contributed by atoms with Crippen molar-refractivity contribution < 1.29 is 18.7 Å². The molecule has 9 heteroatoms. The third-order valence-corrected chi connectivity index (χ3v) is 4.30. The van der Waals surface area contributed by atoms with E-state index in [1.807, 2.05) is 0 Å². The first-order chi connectivity index (χ1) is 11.1. The molecular formula is C14H16N4O4S. The first kappa shape index (κ1) is 15.5. The maximum Gasteiger partial charge on any atom is 0.289 e. The molecule has 0 spiro atoms. The van der Waals surface area contributed by atoms with Crippen molar-refractivity contribution >= 4 is 28.3 Å². The third-order valence-electron chi connectivity index (χ3n) is 3.40. The van der Waals surface area contributed by atoms with Crippen molar-refractivity contribution in [2.45, 2.75) is 6.92 Å². The molecule has 1 saturated heterocycles. The molecule has 3 rings (SSSR count). The van der Waals surface area contributed by atoms with E-state index in [9.17, 15) is 9.59 Å². The molecule has 8 nitrogen and oxygen atoms in total. The summed E-state index contributed by atoms with van der Waals surface area (Å²) < 4.78 is 10.3. The number of carbonyl (C=O) groups excluding carboxylic acids is 2. The lowest BCUT2D eigenvalue weighted by molar-refractivity contribution is 0.0843. The number of aryl methyl sites for hydroxylation is 1. The van der Waals surface area contributed by atoms with Crippen LogP contribution in [0, 0.1) is 6.92 Å². The van der Waals surface area contributed by atoms with Crippen molar-refractivity contribution in [3.05, 3.63) is 34.7 Å². The molecule has 23 heavy (non-hydrogen) atoms. The van der Waals surface area contributed by atoms with Gasteiger partial charge in [-0.1, -0.05) is 0 Å². The summed E-state index contributed by atoms with van der Waals surface area (Å²) in [6, 6.07) is 1.54. The zero-order valence-corrected chi connectivity index (χ0v) is 13.3. The highest BCUT2D eigenvalue weighted by molar-refractivity contribution is 7.13. The molecule has 2 aromatic heterocycles. The summed E-state index contributed by atoms with van der Waals surface area (Å²) in [5.74, 6) is -0.413. The molecule has 1 aliphatic rings. The molecule has 0 aliphatic carbocycles. The number of hydrazine groups is 1. The maximum atomic E-state index is 12.1. The molecule has 0 radical (unpaired) electrons. The van der Waals surface area contributed by atoms with Gasteiger partial charge in [0.15, 0.2) is 5.13 Å². The van der Waals surface area contributed by atoms with Gasteiger partial charge >= 0.3 is 0 Å². The van der Waals surface area contributed by atoms with Gasteiger partial charge in [-0.15, -0.1) is 11.3 Å². The predicted octanol–water partition coefficient (Wildman–Crippen LogP) is 0.956. The average molecular weight is 336 g/mol. The fourth-order valence-electron chi connectivity index (χ4n) is 2.13. The molecule has 3 heterocycles. The lowest BCUT2D eigenvalue weighted by Gasteiger charge is -2.25. The van der Waals surface area contributed by atoms with Gasteiger partial charge < -0.3 is 14.1 Å². The van der Waals surface area contributed by atoms with Crippen LogP contribution in [-0.2, 0) is 4.74 Å². The number of rotatable bonds is 3. The number of furan rings is 1. The van der Waals surface area contributed by atoms with Crippen LogP contribution in [0.5, 0.6) is 0 Å². The first-order valence-electron chi connectivity index (χ1n) is 7.08. The molecule has 0 saturated carbocycles. The van der Waals surface area contributed by atoms with Gasteiger partial charge in [-0.3, -0.25) is 20.4 Å². The number of morpholine rings is 1. The molecule has 0 unspecified atom stereocenters. The van der Waals surface area contributed by atoms with E-state index in [-0.39, 0.29) is 5.69 Å². The summed E-state index contributed by atoms with van der Waals surface area (Å²) >= 11 is 1.39. The molecule has 0 bridgehead atoms. The van der Waals surface area contributed by atoms with Crippen molar-refractivity contribution in [3.63, 3.8) is 0 Å². The number of amides is 2. The Bertz CT molecular complexity index is 705. The minimum atomic E-state index is -0.463. The van der Waals surface area contributed by atoms with Gasteiger partial charge in [0, 0.05) is 18.5 Å². The Morgan fingerprint density at radius 3 is 2.70 bits per heavy atom. The van der Waals surface area contributed by atoms with Crippen molar-refractivity contribution in [3.8, 4) is 0 Å². The van der Waals surface area contributed by atoms with Crippen LogP contribution in [0.15, 0.2) is 22.1 Å². The molecule has 2 amide bonds. The van der Waals surface area contributed by atoms with E-state index in [0.717, 1.165) is 18.2 Å². The molecule has 0 atom stereocenters. The molecule has 2 aromatic rings. The van der Waals surface area contributed by atoms with Crippen LogP contribution in [0.25, 0.3) is 0 Å².